The van der Waals surface area contributed by atoms with Gasteiger partial charge >= 0.3 is 6.18 Å². The molecule has 1 aromatic rings. The standard InChI is InChI=1S/C12H16F3N3/c1-8-7-9(4-6-16-8)18-11-10(12(13,14)15)3-2-5-17-11/h2-3,5,8-9,16H,4,6-7H2,1H3,(H,17,18). The van der Waals surface area contributed by atoms with Gasteiger partial charge in [0, 0.05) is 18.3 Å². The number of rotatable bonds is 2. The first-order chi connectivity index (χ1) is 8.47. The molecule has 2 rings (SSSR count). The third-order valence-corrected chi connectivity index (χ3v) is 3.08. The normalized spacial score (nSPS) is 24.9. The first-order valence-electron chi connectivity index (χ1n) is 5.99. The Morgan fingerprint density at radius 1 is 1.44 bits per heavy atom. The Balaban J connectivity index is 2.13. The van der Waals surface area contributed by atoms with Crippen LogP contribution in [-0.4, -0.2) is 23.6 Å². The second kappa shape index (κ2) is 5.14. The minimum Gasteiger partial charge on any atom is -0.367 e. The summed E-state index contributed by atoms with van der Waals surface area (Å²) in [6.45, 7) is 2.84. The van der Waals surface area contributed by atoms with Crippen molar-refractivity contribution in [3.63, 3.8) is 0 Å². The Morgan fingerprint density at radius 3 is 2.89 bits per heavy atom. The zero-order valence-corrected chi connectivity index (χ0v) is 10.1. The summed E-state index contributed by atoms with van der Waals surface area (Å²) in [6, 6.07) is 2.71. The first-order valence-corrected chi connectivity index (χ1v) is 5.99. The number of pyridine rings is 1. The quantitative estimate of drug-likeness (QED) is 0.857. The lowest BCUT2D eigenvalue weighted by molar-refractivity contribution is -0.137. The molecule has 2 heterocycles. The fourth-order valence-corrected chi connectivity index (χ4v) is 2.21. The topological polar surface area (TPSA) is 37.0 Å². The van der Waals surface area contributed by atoms with Crippen molar-refractivity contribution >= 4 is 5.82 Å². The van der Waals surface area contributed by atoms with Gasteiger partial charge in [-0.25, -0.2) is 4.98 Å². The van der Waals surface area contributed by atoms with Crippen LogP contribution in [0.2, 0.25) is 0 Å². The molecule has 6 heteroatoms. The van der Waals surface area contributed by atoms with E-state index in [-0.39, 0.29) is 11.9 Å². The molecule has 0 saturated carbocycles. The molecule has 2 N–H and O–H groups in total. The molecule has 1 aliphatic rings. The predicted octanol–water partition coefficient (Wildman–Crippen LogP) is 2.65. The maximum absolute atomic E-state index is 12.8. The van der Waals surface area contributed by atoms with E-state index in [0.29, 0.717) is 6.04 Å². The highest BCUT2D eigenvalue weighted by Gasteiger charge is 2.34. The Bertz CT molecular complexity index is 406. The lowest BCUT2D eigenvalue weighted by atomic mass is 10.0. The number of nitrogens with one attached hydrogen (secondary N) is 2. The van der Waals surface area contributed by atoms with Gasteiger partial charge in [-0.1, -0.05) is 0 Å². The van der Waals surface area contributed by atoms with Gasteiger partial charge in [-0.05, 0) is 38.4 Å². The minimum atomic E-state index is -4.37. The molecule has 18 heavy (non-hydrogen) atoms. The average molecular weight is 259 g/mol. The molecule has 0 spiro atoms. The third kappa shape index (κ3) is 3.13. The van der Waals surface area contributed by atoms with Gasteiger partial charge in [-0.2, -0.15) is 13.2 Å². The number of halogens is 3. The van der Waals surface area contributed by atoms with Crippen LogP contribution in [0.25, 0.3) is 0 Å². The molecule has 100 valence electrons. The zero-order chi connectivity index (χ0) is 13.2. The highest BCUT2D eigenvalue weighted by molar-refractivity contribution is 5.46. The number of hydrogen-bond acceptors (Lipinski definition) is 3. The molecule has 0 radical (unpaired) electrons. The molecule has 1 aliphatic heterocycles. The summed E-state index contributed by atoms with van der Waals surface area (Å²) < 4.78 is 38.4. The SMILES string of the molecule is CC1CC(Nc2ncccc2C(F)(F)F)CCN1. The molecule has 1 aromatic heterocycles. The summed E-state index contributed by atoms with van der Waals surface area (Å²) in [5.41, 5.74) is -0.698. The van der Waals surface area contributed by atoms with Crippen molar-refractivity contribution in [2.75, 3.05) is 11.9 Å². The number of alkyl halides is 3. The molecular formula is C12H16F3N3. The van der Waals surface area contributed by atoms with Crippen molar-refractivity contribution in [2.24, 2.45) is 0 Å². The maximum Gasteiger partial charge on any atom is 0.419 e. The van der Waals surface area contributed by atoms with Crippen LogP contribution < -0.4 is 10.6 Å². The lowest BCUT2D eigenvalue weighted by Crippen LogP contribution is -2.41. The average Bonchev–Trinajstić information content (AvgIpc) is 2.28. The molecule has 3 nitrogen and oxygen atoms in total. The maximum atomic E-state index is 12.8. The van der Waals surface area contributed by atoms with Crippen molar-refractivity contribution in [3.8, 4) is 0 Å². The first kappa shape index (κ1) is 13.1. The number of nitrogens with zero attached hydrogens (tertiary/aromatic N) is 1. The molecule has 0 bridgehead atoms. The Morgan fingerprint density at radius 2 is 2.22 bits per heavy atom. The highest BCUT2D eigenvalue weighted by atomic mass is 19.4. The van der Waals surface area contributed by atoms with E-state index in [2.05, 4.69) is 15.6 Å². The van der Waals surface area contributed by atoms with Crippen molar-refractivity contribution in [1.82, 2.24) is 10.3 Å². The second-order valence-electron chi connectivity index (χ2n) is 4.62. The number of anilines is 1. The lowest BCUT2D eigenvalue weighted by Gasteiger charge is -2.29. The Kier molecular flexibility index (Phi) is 3.75. The van der Waals surface area contributed by atoms with E-state index < -0.39 is 11.7 Å². The van der Waals surface area contributed by atoms with Crippen LogP contribution in [0.4, 0.5) is 19.0 Å². The monoisotopic (exact) mass is 259 g/mol. The Labute approximate surface area is 104 Å². The van der Waals surface area contributed by atoms with E-state index in [4.69, 9.17) is 0 Å². The second-order valence-corrected chi connectivity index (χ2v) is 4.62. The van der Waals surface area contributed by atoms with Crippen LogP contribution in [0.3, 0.4) is 0 Å². The largest absolute Gasteiger partial charge is 0.419 e. The molecule has 2 atom stereocenters. The van der Waals surface area contributed by atoms with E-state index in [1.807, 2.05) is 6.92 Å². The van der Waals surface area contributed by atoms with E-state index in [9.17, 15) is 13.2 Å². The molecule has 1 fully saturated rings. The van der Waals surface area contributed by atoms with Crippen LogP contribution in [0.15, 0.2) is 18.3 Å². The summed E-state index contributed by atoms with van der Waals surface area (Å²) in [6.07, 6.45) is -1.39. The number of hydrogen-bond donors (Lipinski definition) is 2. The van der Waals surface area contributed by atoms with Crippen LogP contribution >= 0.6 is 0 Å². The van der Waals surface area contributed by atoms with Gasteiger partial charge < -0.3 is 10.6 Å². The number of aromatic nitrogens is 1. The van der Waals surface area contributed by atoms with E-state index in [1.54, 1.807) is 0 Å². The fourth-order valence-electron chi connectivity index (χ4n) is 2.21. The summed E-state index contributed by atoms with van der Waals surface area (Å²) >= 11 is 0. The summed E-state index contributed by atoms with van der Waals surface area (Å²) in [5, 5.41) is 6.18. The van der Waals surface area contributed by atoms with Gasteiger partial charge in [0.15, 0.2) is 0 Å². The van der Waals surface area contributed by atoms with E-state index >= 15 is 0 Å². The summed E-state index contributed by atoms with van der Waals surface area (Å²) in [5.74, 6) is -0.0656. The molecule has 0 aromatic carbocycles. The van der Waals surface area contributed by atoms with Crippen molar-refractivity contribution in [2.45, 2.75) is 38.0 Å². The van der Waals surface area contributed by atoms with Gasteiger partial charge in [-0.15, -0.1) is 0 Å². The van der Waals surface area contributed by atoms with E-state index in [0.717, 1.165) is 25.5 Å². The third-order valence-electron chi connectivity index (χ3n) is 3.08. The molecule has 0 amide bonds. The smallest absolute Gasteiger partial charge is 0.367 e. The van der Waals surface area contributed by atoms with Gasteiger partial charge in [0.05, 0.1) is 5.56 Å². The van der Waals surface area contributed by atoms with Gasteiger partial charge in [0.25, 0.3) is 0 Å². The number of piperidine rings is 1. The van der Waals surface area contributed by atoms with Crippen LogP contribution in [0, 0.1) is 0 Å². The molecule has 2 unspecified atom stereocenters. The van der Waals surface area contributed by atoms with Gasteiger partial charge in [0.1, 0.15) is 5.82 Å². The zero-order valence-electron chi connectivity index (χ0n) is 10.1. The molecule has 0 aliphatic carbocycles. The van der Waals surface area contributed by atoms with Crippen molar-refractivity contribution < 1.29 is 13.2 Å². The van der Waals surface area contributed by atoms with Crippen LogP contribution in [0.5, 0.6) is 0 Å². The van der Waals surface area contributed by atoms with Crippen LogP contribution in [-0.2, 0) is 6.18 Å². The van der Waals surface area contributed by atoms with Gasteiger partial charge in [0.2, 0.25) is 0 Å². The summed E-state index contributed by atoms with van der Waals surface area (Å²) in [4.78, 5) is 3.81. The van der Waals surface area contributed by atoms with Crippen molar-refractivity contribution in [1.29, 1.82) is 0 Å². The van der Waals surface area contributed by atoms with Crippen LogP contribution in [0.1, 0.15) is 25.3 Å². The Hall–Kier alpha value is -1.30. The molecule has 1 saturated heterocycles. The minimum absolute atomic E-state index is 0.0391. The molecular weight excluding hydrogens is 243 g/mol. The van der Waals surface area contributed by atoms with E-state index in [1.165, 1.54) is 12.3 Å². The van der Waals surface area contributed by atoms with Crippen molar-refractivity contribution in [3.05, 3.63) is 23.9 Å². The highest BCUT2D eigenvalue weighted by Crippen LogP contribution is 2.34. The van der Waals surface area contributed by atoms with Gasteiger partial charge in [-0.3, -0.25) is 0 Å². The summed E-state index contributed by atoms with van der Waals surface area (Å²) in [7, 11) is 0. The predicted molar refractivity (Wildman–Crippen MR) is 63.3 cm³/mol. The fraction of sp³-hybridized carbons (Fsp3) is 0.583.